The fourth-order valence-electron chi connectivity index (χ4n) is 2.45. The standard InChI is InChI=1S/C16H17N3O/c1-11-6-15(10-18-8-11)19-16(20)13-3-2-12-4-5-17-9-14(12)7-13/h2-3,6-8,10,17H,4-5,9H2,1H3,(H,19,20). The molecule has 1 amide bonds. The van der Waals surface area contributed by atoms with Crippen LogP contribution in [0.2, 0.25) is 0 Å². The van der Waals surface area contributed by atoms with Crippen LogP contribution in [0.1, 0.15) is 27.0 Å². The maximum atomic E-state index is 12.3. The third-order valence-electron chi connectivity index (χ3n) is 3.49. The molecule has 2 N–H and O–H groups in total. The zero-order chi connectivity index (χ0) is 13.9. The largest absolute Gasteiger partial charge is 0.321 e. The van der Waals surface area contributed by atoms with Crippen molar-refractivity contribution in [3.8, 4) is 0 Å². The van der Waals surface area contributed by atoms with E-state index in [2.05, 4.69) is 21.7 Å². The summed E-state index contributed by atoms with van der Waals surface area (Å²) in [6.45, 7) is 3.79. The highest BCUT2D eigenvalue weighted by Gasteiger charge is 2.12. The molecule has 0 unspecified atom stereocenters. The van der Waals surface area contributed by atoms with Gasteiger partial charge in [-0.1, -0.05) is 6.07 Å². The fraction of sp³-hybridized carbons (Fsp3) is 0.250. The van der Waals surface area contributed by atoms with Crippen LogP contribution in [0.4, 0.5) is 5.69 Å². The van der Waals surface area contributed by atoms with E-state index in [0.717, 1.165) is 30.8 Å². The number of hydrogen-bond acceptors (Lipinski definition) is 3. The predicted octanol–water partition coefficient (Wildman–Crippen LogP) is 2.29. The van der Waals surface area contributed by atoms with Crippen LogP contribution in [0.3, 0.4) is 0 Å². The molecule has 1 aromatic carbocycles. The summed E-state index contributed by atoms with van der Waals surface area (Å²) in [4.78, 5) is 16.3. The molecule has 0 saturated heterocycles. The molecule has 20 heavy (non-hydrogen) atoms. The number of fused-ring (bicyclic) bond motifs is 1. The minimum Gasteiger partial charge on any atom is -0.321 e. The number of rotatable bonds is 2. The molecule has 0 bridgehead atoms. The first-order chi connectivity index (χ1) is 9.72. The van der Waals surface area contributed by atoms with Crippen molar-refractivity contribution < 1.29 is 4.79 Å². The van der Waals surface area contributed by atoms with E-state index >= 15 is 0 Å². The van der Waals surface area contributed by atoms with Gasteiger partial charge >= 0.3 is 0 Å². The zero-order valence-electron chi connectivity index (χ0n) is 11.4. The molecular formula is C16H17N3O. The lowest BCUT2D eigenvalue weighted by Crippen LogP contribution is -2.24. The maximum Gasteiger partial charge on any atom is 0.255 e. The van der Waals surface area contributed by atoms with Crippen LogP contribution in [-0.4, -0.2) is 17.4 Å². The van der Waals surface area contributed by atoms with E-state index in [4.69, 9.17) is 0 Å². The van der Waals surface area contributed by atoms with Crippen LogP contribution in [0.15, 0.2) is 36.7 Å². The SMILES string of the molecule is Cc1cncc(NC(=O)c2ccc3c(c2)CNCC3)c1. The van der Waals surface area contributed by atoms with E-state index in [-0.39, 0.29) is 5.91 Å². The normalized spacial score (nSPS) is 13.7. The van der Waals surface area contributed by atoms with E-state index in [1.165, 1.54) is 11.1 Å². The molecule has 2 heterocycles. The molecule has 102 valence electrons. The molecule has 2 aromatic rings. The van der Waals surface area contributed by atoms with Gasteiger partial charge in [0.2, 0.25) is 0 Å². The average Bonchev–Trinajstić information content (AvgIpc) is 2.47. The van der Waals surface area contributed by atoms with Crippen LogP contribution >= 0.6 is 0 Å². The lowest BCUT2D eigenvalue weighted by Gasteiger charge is -2.17. The molecule has 0 spiro atoms. The Hall–Kier alpha value is -2.20. The van der Waals surface area contributed by atoms with Gasteiger partial charge in [-0.05, 0) is 54.8 Å². The number of nitrogens with zero attached hydrogens (tertiary/aromatic N) is 1. The Labute approximate surface area is 118 Å². The van der Waals surface area contributed by atoms with Gasteiger partial charge in [0.25, 0.3) is 5.91 Å². The molecule has 0 saturated carbocycles. The van der Waals surface area contributed by atoms with Crippen molar-refractivity contribution in [2.24, 2.45) is 0 Å². The van der Waals surface area contributed by atoms with Crippen LogP contribution in [0.25, 0.3) is 0 Å². The summed E-state index contributed by atoms with van der Waals surface area (Å²) in [5, 5.41) is 6.21. The predicted molar refractivity (Wildman–Crippen MR) is 78.8 cm³/mol. The van der Waals surface area contributed by atoms with Crippen molar-refractivity contribution in [1.29, 1.82) is 0 Å². The lowest BCUT2D eigenvalue weighted by atomic mass is 9.98. The number of hydrogen-bond donors (Lipinski definition) is 2. The van der Waals surface area contributed by atoms with Crippen molar-refractivity contribution in [1.82, 2.24) is 10.3 Å². The molecule has 0 radical (unpaired) electrons. The summed E-state index contributed by atoms with van der Waals surface area (Å²) < 4.78 is 0. The summed E-state index contributed by atoms with van der Waals surface area (Å²) in [6, 6.07) is 7.83. The van der Waals surface area contributed by atoms with Crippen LogP contribution in [-0.2, 0) is 13.0 Å². The van der Waals surface area contributed by atoms with Crippen LogP contribution < -0.4 is 10.6 Å². The molecule has 4 heteroatoms. The summed E-state index contributed by atoms with van der Waals surface area (Å²) in [5.41, 5.74) is 4.99. The Morgan fingerprint density at radius 3 is 3.00 bits per heavy atom. The van der Waals surface area contributed by atoms with Gasteiger partial charge in [-0.3, -0.25) is 9.78 Å². The number of nitrogens with one attached hydrogen (secondary N) is 2. The Morgan fingerprint density at radius 1 is 1.25 bits per heavy atom. The number of pyridine rings is 1. The molecule has 4 nitrogen and oxygen atoms in total. The number of carbonyl (C=O) groups is 1. The van der Waals surface area contributed by atoms with Crippen molar-refractivity contribution in [3.63, 3.8) is 0 Å². The van der Waals surface area contributed by atoms with E-state index in [9.17, 15) is 4.79 Å². The van der Waals surface area contributed by atoms with Crippen LogP contribution in [0, 0.1) is 6.92 Å². The molecular weight excluding hydrogens is 250 g/mol. The molecule has 1 aliphatic heterocycles. The Bertz CT molecular complexity index is 652. The average molecular weight is 267 g/mol. The number of anilines is 1. The molecule has 3 rings (SSSR count). The first-order valence-electron chi connectivity index (χ1n) is 6.78. The quantitative estimate of drug-likeness (QED) is 0.877. The molecule has 1 aromatic heterocycles. The summed E-state index contributed by atoms with van der Waals surface area (Å²) >= 11 is 0. The van der Waals surface area contributed by atoms with Gasteiger partial charge in [0.05, 0.1) is 11.9 Å². The minimum absolute atomic E-state index is 0.0919. The first kappa shape index (κ1) is 12.8. The van der Waals surface area contributed by atoms with Crippen molar-refractivity contribution in [3.05, 3.63) is 58.9 Å². The van der Waals surface area contributed by atoms with E-state index < -0.39 is 0 Å². The highest BCUT2D eigenvalue weighted by atomic mass is 16.1. The van der Waals surface area contributed by atoms with Gasteiger partial charge < -0.3 is 10.6 Å². The van der Waals surface area contributed by atoms with E-state index in [1.54, 1.807) is 12.4 Å². The van der Waals surface area contributed by atoms with Gasteiger partial charge in [-0.25, -0.2) is 0 Å². The Balaban J connectivity index is 1.80. The number of aryl methyl sites for hydroxylation is 1. The minimum atomic E-state index is -0.0919. The van der Waals surface area contributed by atoms with Gasteiger partial charge in [0.15, 0.2) is 0 Å². The highest BCUT2D eigenvalue weighted by Crippen LogP contribution is 2.17. The second-order valence-electron chi connectivity index (χ2n) is 5.12. The highest BCUT2D eigenvalue weighted by molar-refractivity contribution is 6.04. The Morgan fingerprint density at radius 2 is 2.15 bits per heavy atom. The fourth-order valence-corrected chi connectivity index (χ4v) is 2.45. The number of aromatic nitrogens is 1. The number of amides is 1. The van der Waals surface area contributed by atoms with Gasteiger partial charge in [0, 0.05) is 18.3 Å². The van der Waals surface area contributed by atoms with E-state index in [0.29, 0.717) is 5.56 Å². The second kappa shape index (κ2) is 5.43. The zero-order valence-corrected chi connectivity index (χ0v) is 11.4. The summed E-state index contributed by atoms with van der Waals surface area (Å²) in [6.07, 6.45) is 4.45. The Kier molecular flexibility index (Phi) is 3.48. The van der Waals surface area contributed by atoms with E-state index in [1.807, 2.05) is 25.1 Å². The molecule has 0 fully saturated rings. The van der Waals surface area contributed by atoms with Crippen LogP contribution in [0.5, 0.6) is 0 Å². The first-order valence-corrected chi connectivity index (χ1v) is 6.78. The monoisotopic (exact) mass is 267 g/mol. The summed E-state index contributed by atoms with van der Waals surface area (Å²) in [7, 11) is 0. The number of benzene rings is 1. The van der Waals surface area contributed by atoms with Gasteiger partial charge in [-0.2, -0.15) is 0 Å². The smallest absolute Gasteiger partial charge is 0.255 e. The maximum absolute atomic E-state index is 12.3. The van der Waals surface area contributed by atoms with Crippen molar-refractivity contribution in [2.45, 2.75) is 19.9 Å². The lowest BCUT2D eigenvalue weighted by molar-refractivity contribution is 0.102. The van der Waals surface area contributed by atoms with Crippen molar-refractivity contribution >= 4 is 11.6 Å². The van der Waals surface area contributed by atoms with Crippen molar-refractivity contribution in [2.75, 3.05) is 11.9 Å². The third kappa shape index (κ3) is 2.70. The molecule has 0 atom stereocenters. The van der Waals surface area contributed by atoms with Gasteiger partial charge in [0.1, 0.15) is 0 Å². The second-order valence-corrected chi connectivity index (χ2v) is 5.12. The molecule has 1 aliphatic rings. The molecule has 0 aliphatic carbocycles. The third-order valence-corrected chi connectivity index (χ3v) is 3.49. The summed E-state index contributed by atoms with van der Waals surface area (Å²) in [5.74, 6) is -0.0919. The topological polar surface area (TPSA) is 54.0 Å². The number of carbonyl (C=O) groups excluding carboxylic acids is 1. The van der Waals surface area contributed by atoms with Gasteiger partial charge in [-0.15, -0.1) is 0 Å².